The third-order valence-corrected chi connectivity index (χ3v) is 8.81. The second-order valence-electron chi connectivity index (χ2n) is 11.6. The molecule has 2 unspecified atom stereocenters. The van der Waals surface area contributed by atoms with Crippen molar-refractivity contribution in [3.05, 3.63) is 57.6 Å². The Labute approximate surface area is 201 Å². The second kappa shape index (κ2) is 8.06. The van der Waals surface area contributed by atoms with Gasteiger partial charge in [-0.1, -0.05) is 38.1 Å². The monoisotopic (exact) mass is 497 g/mol. The summed E-state index contributed by atoms with van der Waals surface area (Å²) in [6.07, 6.45) is 8.25. The number of benzene rings is 2. The van der Waals surface area contributed by atoms with Crippen LogP contribution in [0.3, 0.4) is 0 Å². The maximum Gasteiger partial charge on any atom is 0.175 e. The van der Waals surface area contributed by atoms with Crippen LogP contribution in [0, 0.1) is 23.7 Å². The predicted octanol–water partition coefficient (Wildman–Crippen LogP) is 7.18. The van der Waals surface area contributed by atoms with Gasteiger partial charge in [0.15, 0.2) is 11.5 Å². The first-order valence-electron chi connectivity index (χ1n) is 12.0. The number of halogens is 1. The Morgan fingerprint density at radius 1 is 1.03 bits per heavy atom. The zero-order valence-electron chi connectivity index (χ0n) is 19.9. The van der Waals surface area contributed by atoms with E-state index in [1.54, 1.807) is 7.11 Å². The Bertz CT molecular complexity index is 1000. The van der Waals surface area contributed by atoms with Gasteiger partial charge in [-0.3, -0.25) is 0 Å². The number of aryl methyl sites for hydroxylation is 1. The summed E-state index contributed by atoms with van der Waals surface area (Å²) in [4.78, 5) is 0. The minimum absolute atomic E-state index is 0.294. The Morgan fingerprint density at radius 2 is 1.75 bits per heavy atom. The van der Waals surface area contributed by atoms with Gasteiger partial charge in [-0.05, 0) is 107 Å². The maximum atomic E-state index is 6.19. The van der Waals surface area contributed by atoms with Gasteiger partial charge < -0.3 is 14.8 Å². The molecule has 0 amide bonds. The van der Waals surface area contributed by atoms with Crippen LogP contribution in [0.2, 0.25) is 0 Å². The molecule has 0 aromatic heterocycles. The topological polar surface area (TPSA) is 30.5 Å². The lowest BCUT2D eigenvalue weighted by molar-refractivity contribution is -0.118. The molecule has 0 saturated heterocycles. The van der Waals surface area contributed by atoms with E-state index in [0.717, 1.165) is 28.4 Å². The molecule has 4 heteroatoms. The number of hydrogen-bond donors (Lipinski definition) is 1. The van der Waals surface area contributed by atoms with E-state index in [1.165, 1.54) is 55.2 Å². The summed E-state index contributed by atoms with van der Waals surface area (Å²) >= 11 is 3.75. The second-order valence-corrected chi connectivity index (χ2v) is 12.4. The first-order valence-corrected chi connectivity index (χ1v) is 12.8. The summed E-state index contributed by atoms with van der Waals surface area (Å²) in [5.74, 6) is 2.45. The van der Waals surface area contributed by atoms with Gasteiger partial charge in [0.2, 0.25) is 0 Å². The zero-order chi connectivity index (χ0) is 22.6. The summed E-state index contributed by atoms with van der Waals surface area (Å²) < 4.78 is 12.9. The fourth-order valence-electron chi connectivity index (χ4n) is 7.87. The molecule has 6 rings (SSSR count). The van der Waals surface area contributed by atoms with Crippen molar-refractivity contribution in [2.45, 2.75) is 78.0 Å². The highest BCUT2D eigenvalue weighted by Gasteiger charge is 2.59. The largest absolute Gasteiger partial charge is 0.493 e. The highest BCUT2D eigenvalue weighted by Crippen LogP contribution is 2.66. The number of nitrogens with one attached hydrogen (secondary N) is 1. The van der Waals surface area contributed by atoms with Crippen molar-refractivity contribution in [1.29, 1.82) is 0 Å². The number of ether oxygens (including phenoxy) is 2. The maximum absolute atomic E-state index is 6.19. The van der Waals surface area contributed by atoms with E-state index in [-0.39, 0.29) is 0 Å². The van der Waals surface area contributed by atoms with Gasteiger partial charge in [-0.25, -0.2) is 0 Å². The Balaban J connectivity index is 1.31. The molecule has 4 saturated carbocycles. The molecular formula is C28H36BrNO2. The van der Waals surface area contributed by atoms with Crippen molar-refractivity contribution in [2.24, 2.45) is 16.7 Å². The smallest absolute Gasteiger partial charge is 0.175 e. The molecule has 2 aromatic carbocycles. The lowest BCUT2D eigenvalue weighted by Crippen LogP contribution is -2.63. The van der Waals surface area contributed by atoms with Gasteiger partial charge in [-0.15, -0.1) is 0 Å². The summed E-state index contributed by atoms with van der Waals surface area (Å²) in [5.41, 5.74) is 5.00. The van der Waals surface area contributed by atoms with Crippen molar-refractivity contribution in [1.82, 2.24) is 5.32 Å². The predicted molar refractivity (Wildman–Crippen MR) is 133 cm³/mol. The molecule has 0 spiro atoms. The zero-order valence-corrected chi connectivity index (χ0v) is 21.5. The molecule has 4 fully saturated rings. The normalized spacial score (nSPS) is 32.8. The van der Waals surface area contributed by atoms with Crippen molar-refractivity contribution in [3.8, 4) is 11.5 Å². The molecule has 4 aliphatic carbocycles. The summed E-state index contributed by atoms with van der Waals surface area (Å²) in [5, 5.41) is 4.04. The van der Waals surface area contributed by atoms with Gasteiger partial charge in [0.1, 0.15) is 6.61 Å². The molecule has 3 nitrogen and oxygen atoms in total. The van der Waals surface area contributed by atoms with Crippen LogP contribution in [0.4, 0.5) is 0 Å². The fraction of sp³-hybridized carbons (Fsp3) is 0.571. The molecule has 0 radical (unpaired) electrons. The average Bonchev–Trinajstić information content (AvgIpc) is 2.69. The van der Waals surface area contributed by atoms with Crippen molar-refractivity contribution < 1.29 is 9.47 Å². The summed E-state index contributed by atoms with van der Waals surface area (Å²) in [7, 11) is 1.72. The van der Waals surface area contributed by atoms with Gasteiger partial charge in [-0.2, -0.15) is 0 Å². The van der Waals surface area contributed by atoms with Gasteiger partial charge >= 0.3 is 0 Å². The molecule has 0 heterocycles. The standard InChI is InChI=1S/C28H36BrNO2/c1-19-7-5-6-8-22(19)15-32-25-23(29)9-20(10-24(25)31-4)14-30-28-13-21-11-26(2,17-28)16-27(3,12-21)18-28/h5-10,21,30H,11-18H2,1-4H3/t21?,26-,27+,28?. The van der Waals surface area contributed by atoms with E-state index >= 15 is 0 Å². The van der Waals surface area contributed by atoms with Crippen LogP contribution in [-0.4, -0.2) is 12.6 Å². The summed E-state index contributed by atoms with van der Waals surface area (Å²) in [6, 6.07) is 12.7. The quantitative estimate of drug-likeness (QED) is 0.439. The lowest BCUT2D eigenvalue weighted by Gasteiger charge is -2.65. The van der Waals surface area contributed by atoms with Crippen LogP contribution in [0.1, 0.15) is 69.1 Å². The fourth-order valence-corrected chi connectivity index (χ4v) is 8.48. The van der Waals surface area contributed by atoms with Crippen molar-refractivity contribution in [3.63, 3.8) is 0 Å². The molecular weight excluding hydrogens is 462 g/mol. The van der Waals surface area contributed by atoms with Crippen LogP contribution in [0.5, 0.6) is 11.5 Å². The van der Waals surface area contributed by atoms with E-state index in [1.807, 2.05) is 0 Å². The first kappa shape index (κ1) is 22.3. The minimum Gasteiger partial charge on any atom is -0.493 e. The van der Waals surface area contributed by atoms with Crippen molar-refractivity contribution >= 4 is 15.9 Å². The van der Waals surface area contributed by atoms with E-state index in [4.69, 9.17) is 9.47 Å². The van der Waals surface area contributed by atoms with Gasteiger partial charge in [0, 0.05) is 12.1 Å². The van der Waals surface area contributed by atoms with Gasteiger partial charge in [0.25, 0.3) is 0 Å². The van der Waals surface area contributed by atoms with E-state index in [0.29, 0.717) is 23.0 Å². The van der Waals surface area contributed by atoms with Crippen LogP contribution < -0.4 is 14.8 Å². The lowest BCUT2D eigenvalue weighted by atomic mass is 9.43. The molecule has 1 N–H and O–H groups in total. The molecule has 4 bridgehead atoms. The SMILES string of the molecule is COc1cc(CNC23CC4C[C@@](C)(C2)C[C@](C)(C4)C3)cc(Br)c1OCc1ccccc1C. The first-order chi connectivity index (χ1) is 15.2. The van der Waals surface area contributed by atoms with Crippen LogP contribution in [-0.2, 0) is 13.2 Å². The molecule has 4 aliphatic rings. The third-order valence-electron chi connectivity index (χ3n) is 8.22. The number of rotatable bonds is 7. The van der Waals surface area contributed by atoms with Gasteiger partial charge in [0.05, 0.1) is 11.6 Å². The highest BCUT2D eigenvalue weighted by molar-refractivity contribution is 9.10. The molecule has 172 valence electrons. The number of hydrogen-bond acceptors (Lipinski definition) is 3. The molecule has 0 aliphatic heterocycles. The molecule has 4 atom stereocenters. The summed E-state index contributed by atoms with van der Waals surface area (Å²) in [6.45, 7) is 8.58. The average molecular weight is 499 g/mol. The highest BCUT2D eigenvalue weighted by atomic mass is 79.9. The van der Waals surface area contributed by atoms with E-state index in [9.17, 15) is 0 Å². The van der Waals surface area contributed by atoms with E-state index in [2.05, 4.69) is 78.4 Å². The Morgan fingerprint density at radius 3 is 2.41 bits per heavy atom. The Hall–Kier alpha value is -1.52. The number of methoxy groups -OCH3 is 1. The van der Waals surface area contributed by atoms with Crippen LogP contribution in [0.25, 0.3) is 0 Å². The van der Waals surface area contributed by atoms with Crippen LogP contribution in [0.15, 0.2) is 40.9 Å². The van der Waals surface area contributed by atoms with Crippen LogP contribution >= 0.6 is 15.9 Å². The van der Waals surface area contributed by atoms with Crippen molar-refractivity contribution in [2.75, 3.05) is 7.11 Å². The molecule has 2 aromatic rings. The third kappa shape index (κ3) is 4.21. The Kier molecular flexibility index (Phi) is 5.61. The molecule has 32 heavy (non-hydrogen) atoms. The minimum atomic E-state index is 0.294. The van der Waals surface area contributed by atoms with E-state index < -0.39 is 0 Å².